The molecule has 0 bridgehead atoms. The summed E-state index contributed by atoms with van der Waals surface area (Å²) in [6.07, 6.45) is 3.59. The minimum absolute atomic E-state index is 0.0788. The van der Waals surface area contributed by atoms with Gasteiger partial charge in [0.2, 0.25) is 0 Å². The SMILES string of the molecule is CCCCCCCCc1ccc(NC(=O)NC2(CC(=O)O)CNC2)cc1.O=C(O)C(F)(F)F. The number of carbonyl (C=O) groups is 3. The first kappa shape index (κ1) is 28.2. The quantitative estimate of drug-likeness (QED) is 0.306. The van der Waals surface area contributed by atoms with E-state index in [2.05, 4.69) is 22.9 Å². The molecule has 186 valence electrons. The third kappa shape index (κ3) is 11.6. The van der Waals surface area contributed by atoms with Gasteiger partial charge in [-0.05, 0) is 30.5 Å². The summed E-state index contributed by atoms with van der Waals surface area (Å²) >= 11 is 0. The van der Waals surface area contributed by atoms with Crippen molar-refractivity contribution in [3.05, 3.63) is 29.8 Å². The molecule has 0 unspecified atom stereocenters. The van der Waals surface area contributed by atoms with Gasteiger partial charge in [0.05, 0.1) is 12.0 Å². The molecule has 33 heavy (non-hydrogen) atoms. The number of urea groups is 1. The van der Waals surface area contributed by atoms with Gasteiger partial charge in [0.25, 0.3) is 0 Å². The Kier molecular flexibility index (Phi) is 11.7. The molecule has 1 aromatic carbocycles. The molecule has 1 aliphatic rings. The molecular weight excluding hydrogens is 443 g/mol. The van der Waals surface area contributed by atoms with Crippen LogP contribution in [0.4, 0.5) is 23.7 Å². The zero-order chi connectivity index (χ0) is 24.9. The van der Waals surface area contributed by atoms with Crippen molar-refractivity contribution in [2.75, 3.05) is 18.4 Å². The van der Waals surface area contributed by atoms with Gasteiger partial charge >= 0.3 is 24.1 Å². The largest absolute Gasteiger partial charge is 0.490 e. The van der Waals surface area contributed by atoms with E-state index in [1.54, 1.807) is 0 Å². The molecule has 0 saturated carbocycles. The number of anilines is 1. The van der Waals surface area contributed by atoms with Crippen molar-refractivity contribution in [2.24, 2.45) is 0 Å². The number of carboxylic acids is 2. The van der Waals surface area contributed by atoms with Crippen LogP contribution in [0, 0.1) is 0 Å². The van der Waals surface area contributed by atoms with Crippen molar-refractivity contribution in [3.63, 3.8) is 0 Å². The van der Waals surface area contributed by atoms with Crippen molar-refractivity contribution in [1.82, 2.24) is 10.6 Å². The topological polar surface area (TPSA) is 128 Å². The summed E-state index contributed by atoms with van der Waals surface area (Å²) < 4.78 is 31.7. The Morgan fingerprint density at radius 2 is 1.55 bits per heavy atom. The van der Waals surface area contributed by atoms with E-state index in [-0.39, 0.29) is 12.5 Å². The van der Waals surface area contributed by atoms with Gasteiger partial charge in [-0.25, -0.2) is 9.59 Å². The predicted octanol–water partition coefficient (Wildman–Crippen LogP) is 4.16. The highest BCUT2D eigenvalue weighted by Crippen LogP contribution is 2.18. The van der Waals surface area contributed by atoms with E-state index in [0.29, 0.717) is 18.8 Å². The molecule has 5 N–H and O–H groups in total. The van der Waals surface area contributed by atoms with E-state index in [9.17, 15) is 22.8 Å². The number of hydrogen-bond acceptors (Lipinski definition) is 4. The van der Waals surface area contributed by atoms with Crippen molar-refractivity contribution < 1.29 is 37.8 Å². The van der Waals surface area contributed by atoms with Crippen LogP contribution in [0.1, 0.15) is 57.4 Å². The fourth-order valence-electron chi connectivity index (χ4n) is 3.24. The van der Waals surface area contributed by atoms with Gasteiger partial charge in [0.1, 0.15) is 0 Å². The van der Waals surface area contributed by atoms with E-state index in [1.165, 1.54) is 44.1 Å². The molecule has 0 atom stereocenters. The predicted molar refractivity (Wildman–Crippen MR) is 117 cm³/mol. The highest BCUT2D eigenvalue weighted by atomic mass is 19.4. The first-order valence-corrected chi connectivity index (χ1v) is 10.9. The lowest BCUT2D eigenvalue weighted by molar-refractivity contribution is -0.192. The molecule has 0 radical (unpaired) electrons. The van der Waals surface area contributed by atoms with Crippen molar-refractivity contribution in [2.45, 2.75) is 70.0 Å². The average molecular weight is 476 g/mol. The second-order valence-electron chi connectivity index (χ2n) is 8.05. The highest BCUT2D eigenvalue weighted by molar-refractivity contribution is 5.90. The van der Waals surface area contributed by atoms with Crippen LogP contribution in [0.3, 0.4) is 0 Å². The van der Waals surface area contributed by atoms with Gasteiger partial charge in [-0.15, -0.1) is 0 Å². The molecule has 0 aromatic heterocycles. The van der Waals surface area contributed by atoms with Crippen LogP contribution in [0.25, 0.3) is 0 Å². The summed E-state index contributed by atoms with van der Waals surface area (Å²) in [5.74, 6) is -3.67. The number of carbonyl (C=O) groups excluding carboxylic acids is 1. The maximum atomic E-state index is 12.1. The summed E-state index contributed by atoms with van der Waals surface area (Å²) in [4.78, 5) is 32.0. The Hall–Kier alpha value is -2.82. The molecule has 1 aliphatic heterocycles. The number of benzene rings is 1. The van der Waals surface area contributed by atoms with Gasteiger partial charge < -0.3 is 26.2 Å². The molecule has 0 aliphatic carbocycles. The third-order valence-electron chi connectivity index (χ3n) is 5.07. The lowest BCUT2D eigenvalue weighted by atomic mass is 9.89. The fraction of sp³-hybridized carbons (Fsp3) is 0.591. The average Bonchev–Trinajstić information content (AvgIpc) is 2.69. The third-order valence-corrected chi connectivity index (χ3v) is 5.07. The maximum Gasteiger partial charge on any atom is 0.490 e. The van der Waals surface area contributed by atoms with Gasteiger partial charge in [-0.1, -0.05) is 51.2 Å². The summed E-state index contributed by atoms with van der Waals surface area (Å²) in [5.41, 5.74) is 1.30. The molecule has 1 heterocycles. The molecule has 0 spiro atoms. The van der Waals surface area contributed by atoms with Crippen LogP contribution in [0.2, 0.25) is 0 Å². The first-order chi connectivity index (χ1) is 15.5. The molecular formula is C22H32F3N3O5. The van der Waals surface area contributed by atoms with Gasteiger partial charge in [0.15, 0.2) is 0 Å². The molecule has 1 aromatic rings. The van der Waals surface area contributed by atoms with Crippen LogP contribution in [0.5, 0.6) is 0 Å². The first-order valence-electron chi connectivity index (χ1n) is 10.9. The van der Waals surface area contributed by atoms with E-state index in [0.717, 1.165) is 6.42 Å². The second kappa shape index (κ2) is 13.7. The highest BCUT2D eigenvalue weighted by Gasteiger charge is 2.40. The number of unbranched alkanes of at least 4 members (excludes halogenated alkanes) is 5. The fourth-order valence-corrected chi connectivity index (χ4v) is 3.24. The number of hydrogen-bond donors (Lipinski definition) is 5. The summed E-state index contributed by atoms with van der Waals surface area (Å²) in [5, 5.41) is 24.7. The Labute approximate surface area is 190 Å². The molecule has 2 rings (SSSR count). The standard InChI is InChI=1S/C20H31N3O3.C2HF3O2/c1-2-3-4-5-6-7-8-16-9-11-17(12-10-16)22-19(26)23-20(13-18(24)25)14-21-15-20;3-2(4,5)1(6)7/h9-12,21H,2-8,13-15H2,1H3,(H,24,25)(H2,22,23,26);(H,6,7). The number of aryl methyl sites for hydroxylation is 1. The summed E-state index contributed by atoms with van der Waals surface area (Å²) in [6, 6.07) is 7.51. The van der Waals surface area contributed by atoms with Crippen molar-refractivity contribution in [1.29, 1.82) is 0 Å². The van der Waals surface area contributed by atoms with E-state index >= 15 is 0 Å². The van der Waals surface area contributed by atoms with Crippen LogP contribution in [-0.2, 0) is 16.0 Å². The second-order valence-corrected chi connectivity index (χ2v) is 8.05. The zero-order valence-corrected chi connectivity index (χ0v) is 18.6. The Morgan fingerprint density at radius 3 is 2.00 bits per heavy atom. The van der Waals surface area contributed by atoms with Crippen molar-refractivity contribution in [3.8, 4) is 0 Å². The minimum atomic E-state index is -5.08. The molecule has 2 amide bonds. The maximum absolute atomic E-state index is 12.1. The minimum Gasteiger partial charge on any atom is -0.481 e. The molecule has 1 saturated heterocycles. The Bertz CT molecular complexity index is 766. The number of alkyl halides is 3. The lowest BCUT2D eigenvalue weighted by Gasteiger charge is -2.42. The molecule has 8 nitrogen and oxygen atoms in total. The monoisotopic (exact) mass is 475 g/mol. The number of rotatable bonds is 11. The normalized spacial score (nSPS) is 14.3. The van der Waals surface area contributed by atoms with Crippen LogP contribution < -0.4 is 16.0 Å². The Balaban J connectivity index is 0.000000675. The molecule has 1 fully saturated rings. The smallest absolute Gasteiger partial charge is 0.481 e. The van der Waals surface area contributed by atoms with Crippen LogP contribution in [0.15, 0.2) is 24.3 Å². The van der Waals surface area contributed by atoms with E-state index in [1.807, 2.05) is 24.3 Å². The number of aliphatic carboxylic acids is 2. The zero-order valence-electron chi connectivity index (χ0n) is 18.6. The van der Waals surface area contributed by atoms with E-state index < -0.39 is 23.7 Å². The molecule has 11 heteroatoms. The van der Waals surface area contributed by atoms with Crippen LogP contribution in [-0.4, -0.2) is 53.0 Å². The lowest BCUT2D eigenvalue weighted by Crippen LogP contribution is -2.70. The van der Waals surface area contributed by atoms with Crippen molar-refractivity contribution >= 4 is 23.7 Å². The Morgan fingerprint density at radius 1 is 1.00 bits per heavy atom. The number of amides is 2. The van der Waals surface area contributed by atoms with Gasteiger partial charge in [0, 0.05) is 18.8 Å². The number of halogens is 3. The number of nitrogens with one attached hydrogen (secondary N) is 3. The summed E-state index contributed by atoms with van der Waals surface area (Å²) in [7, 11) is 0. The van der Waals surface area contributed by atoms with E-state index in [4.69, 9.17) is 15.0 Å². The van der Waals surface area contributed by atoms with Gasteiger partial charge in [-0.2, -0.15) is 13.2 Å². The van der Waals surface area contributed by atoms with Gasteiger partial charge in [-0.3, -0.25) is 4.79 Å². The number of carboxylic acid groups (broad SMARTS) is 2. The summed E-state index contributed by atoms with van der Waals surface area (Å²) in [6.45, 7) is 3.18. The van der Waals surface area contributed by atoms with Crippen LogP contribution >= 0.6 is 0 Å².